The summed E-state index contributed by atoms with van der Waals surface area (Å²) in [6, 6.07) is 7.77. The lowest BCUT2D eigenvalue weighted by molar-refractivity contribution is 0.305. The maximum Gasteiger partial charge on any atom is 0.119 e. The van der Waals surface area contributed by atoms with E-state index in [9.17, 15) is 0 Å². The number of thioether (sulfide) groups is 1. The third-order valence-corrected chi connectivity index (χ3v) is 3.96. The van der Waals surface area contributed by atoms with E-state index >= 15 is 0 Å². The van der Waals surface area contributed by atoms with E-state index in [1.165, 1.54) is 6.42 Å². The van der Waals surface area contributed by atoms with Crippen LogP contribution in [0.5, 0.6) is 5.75 Å². The predicted molar refractivity (Wildman–Crippen MR) is 82.7 cm³/mol. The van der Waals surface area contributed by atoms with Crippen molar-refractivity contribution in [1.82, 2.24) is 0 Å². The van der Waals surface area contributed by atoms with Crippen LogP contribution in [-0.2, 0) is 0 Å². The highest BCUT2D eigenvalue weighted by Crippen LogP contribution is 2.15. The van der Waals surface area contributed by atoms with E-state index in [0.29, 0.717) is 11.7 Å². The van der Waals surface area contributed by atoms with Crippen molar-refractivity contribution in [2.75, 3.05) is 19.0 Å². The summed E-state index contributed by atoms with van der Waals surface area (Å²) >= 11 is 1.94. The van der Waals surface area contributed by atoms with Gasteiger partial charge in [-0.2, -0.15) is 11.8 Å². The second-order valence-corrected chi connectivity index (χ2v) is 5.78. The highest BCUT2D eigenvalue weighted by atomic mass is 32.2. The van der Waals surface area contributed by atoms with Gasteiger partial charge in [-0.3, -0.25) is 0 Å². The molecule has 0 saturated carbocycles. The van der Waals surface area contributed by atoms with Crippen molar-refractivity contribution in [2.45, 2.75) is 31.9 Å². The molecule has 0 aliphatic rings. The van der Waals surface area contributed by atoms with Crippen LogP contribution in [0.15, 0.2) is 24.3 Å². The number of aliphatic hydroxyl groups excluding tert-OH is 1. The zero-order valence-corrected chi connectivity index (χ0v) is 12.5. The van der Waals surface area contributed by atoms with Gasteiger partial charge in [-0.15, -0.1) is 0 Å². The van der Waals surface area contributed by atoms with Gasteiger partial charge in [0.2, 0.25) is 0 Å². The Labute approximate surface area is 120 Å². The fourth-order valence-corrected chi connectivity index (χ4v) is 2.20. The lowest BCUT2D eigenvalue weighted by atomic mass is 10.2. The molecule has 0 amide bonds. The molecule has 1 unspecified atom stereocenters. The van der Waals surface area contributed by atoms with Crippen LogP contribution in [0.4, 0.5) is 0 Å². The van der Waals surface area contributed by atoms with E-state index in [0.717, 1.165) is 23.7 Å². The molecule has 0 spiro atoms. The molecule has 1 rings (SSSR count). The monoisotopic (exact) mass is 278 g/mol. The first-order valence-corrected chi connectivity index (χ1v) is 7.75. The van der Waals surface area contributed by atoms with Gasteiger partial charge in [-0.1, -0.05) is 25.7 Å². The zero-order valence-electron chi connectivity index (χ0n) is 11.7. The molecule has 1 aromatic rings. The molecule has 1 atom stereocenters. The van der Waals surface area contributed by atoms with Crippen molar-refractivity contribution in [1.29, 1.82) is 0 Å². The molecular weight excluding hydrogens is 256 g/mol. The molecule has 1 N–H and O–H groups in total. The first-order chi connectivity index (χ1) is 9.26. The fourth-order valence-electron chi connectivity index (χ4n) is 1.38. The highest BCUT2D eigenvalue weighted by Gasteiger charge is 1.99. The molecule has 104 valence electrons. The van der Waals surface area contributed by atoms with E-state index < -0.39 is 0 Å². The molecule has 2 nitrogen and oxygen atoms in total. The summed E-state index contributed by atoms with van der Waals surface area (Å²) in [7, 11) is 0. The standard InChI is InChI=1S/C16H22O2S/c1-3-14(2)19-13-12-18-16-9-7-15(8-10-16)6-4-5-11-17/h7-10,14,17H,3,5,11-13H2,1-2H3. The summed E-state index contributed by atoms with van der Waals surface area (Å²) in [5, 5.41) is 9.34. The van der Waals surface area contributed by atoms with Crippen molar-refractivity contribution in [3.63, 3.8) is 0 Å². The van der Waals surface area contributed by atoms with Gasteiger partial charge >= 0.3 is 0 Å². The minimum atomic E-state index is 0.113. The maximum atomic E-state index is 8.64. The Kier molecular flexibility index (Phi) is 8.20. The lowest BCUT2D eigenvalue weighted by Crippen LogP contribution is -2.03. The van der Waals surface area contributed by atoms with Crippen LogP contribution in [0.3, 0.4) is 0 Å². The fraction of sp³-hybridized carbons (Fsp3) is 0.500. The lowest BCUT2D eigenvalue weighted by Gasteiger charge is -2.09. The zero-order chi connectivity index (χ0) is 13.9. The Morgan fingerprint density at radius 2 is 2.05 bits per heavy atom. The van der Waals surface area contributed by atoms with Crippen molar-refractivity contribution < 1.29 is 9.84 Å². The Hall–Kier alpha value is -1.11. The minimum Gasteiger partial charge on any atom is -0.493 e. The molecule has 0 aliphatic heterocycles. The molecule has 1 aromatic carbocycles. The molecule has 0 bridgehead atoms. The van der Waals surface area contributed by atoms with Crippen LogP contribution in [-0.4, -0.2) is 29.3 Å². The van der Waals surface area contributed by atoms with Gasteiger partial charge in [0, 0.05) is 23.0 Å². The molecule has 19 heavy (non-hydrogen) atoms. The summed E-state index contributed by atoms with van der Waals surface area (Å²) in [5.74, 6) is 7.80. The quantitative estimate of drug-likeness (QED) is 0.613. The Morgan fingerprint density at radius 1 is 1.32 bits per heavy atom. The van der Waals surface area contributed by atoms with Gasteiger partial charge in [-0.25, -0.2) is 0 Å². The van der Waals surface area contributed by atoms with Crippen molar-refractivity contribution in [3.8, 4) is 17.6 Å². The van der Waals surface area contributed by atoms with Crippen molar-refractivity contribution >= 4 is 11.8 Å². The number of rotatable bonds is 7. The van der Waals surface area contributed by atoms with E-state index in [4.69, 9.17) is 9.84 Å². The van der Waals surface area contributed by atoms with E-state index in [1.807, 2.05) is 36.0 Å². The predicted octanol–water partition coefficient (Wildman–Crippen LogP) is 3.33. The molecule has 3 heteroatoms. The number of hydrogen-bond acceptors (Lipinski definition) is 3. The third kappa shape index (κ3) is 7.15. The van der Waals surface area contributed by atoms with E-state index in [-0.39, 0.29) is 6.61 Å². The summed E-state index contributed by atoms with van der Waals surface area (Å²) in [6.45, 7) is 5.30. The van der Waals surface area contributed by atoms with Crippen LogP contribution >= 0.6 is 11.8 Å². The third-order valence-electron chi connectivity index (χ3n) is 2.65. The van der Waals surface area contributed by atoms with E-state index in [2.05, 4.69) is 25.7 Å². The number of benzene rings is 1. The summed E-state index contributed by atoms with van der Waals surface area (Å²) in [4.78, 5) is 0. The number of aliphatic hydroxyl groups is 1. The minimum absolute atomic E-state index is 0.113. The van der Waals surface area contributed by atoms with Crippen molar-refractivity contribution in [3.05, 3.63) is 29.8 Å². The second-order valence-electron chi connectivity index (χ2n) is 4.24. The van der Waals surface area contributed by atoms with Gasteiger partial charge < -0.3 is 9.84 Å². The average molecular weight is 278 g/mol. The average Bonchev–Trinajstić information content (AvgIpc) is 2.45. The SMILES string of the molecule is CCC(C)SCCOc1ccc(C#CCCO)cc1. The first-order valence-electron chi connectivity index (χ1n) is 6.70. The van der Waals surface area contributed by atoms with Gasteiger partial charge in [0.05, 0.1) is 13.2 Å². The summed E-state index contributed by atoms with van der Waals surface area (Å²) in [6.07, 6.45) is 1.72. The number of ether oxygens (including phenoxy) is 1. The normalized spacial score (nSPS) is 11.5. The van der Waals surface area contributed by atoms with Crippen LogP contribution in [0.2, 0.25) is 0 Å². The van der Waals surface area contributed by atoms with Crippen LogP contribution < -0.4 is 4.74 Å². The van der Waals surface area contributed by atoms with Crippen molar-refractivity contribution in [2.24, 2.45) is 0 Å². The largest absolute Gasteiger partial charge is 0.493 e. The molecule has 0 aromatic heterocycles. The van der Waals surface area contributed by atoms with Gasteiger partial charge in [0.15, 0.2) is 0 Å². The molecule has 0 fully saturated rings. The van der Waals surface area contributed by atoms with Crippen LogP contribution in [0.25, 0.3) is 0 Å². The molecule has 0 aliphatic carbocycles. The van der Waals surface area contributed by atoms with Gasteiger partial charge in [0.1, 0.15) is 5.75 Å². The maximum absolute atomic E-state index is 8.64. The smallest absolute Gasteiger partial charge is 0.119 e. The van der Waals surface area contributed by atoms with Crippen LogP contribution in [0.1, 0.15) is 32.3 Å². The van der Waals surface area contributed by atoms with Crippen LogP contribution in [0, 0.1) is 11.8 Å². The topological polar surface area (TPSA) is 29.5 Å². The molecule has 0 heterocycles. The molecule has 0 saturated heterocycles. The Morgan fingerprint density at radius 3 is 2.68 bits per heavy atom. The summed E-state index contributed by atoms with van der Waals surface area (Å²) in [5.41, 5.74) is 0.954. The first kappa shape index (κ1) is 15.9. The molecule has 0 radical (unpaired) electrons. The molecular formula is C16H22O2S. The summed E-state index contributed by atoms with van der Waals surface area (Å²) < 4.78 is 5.67. The Bertz CT molecular complexity index is 403. The number of hydrogen-bond donors (Lipinski definition) is 1. The Balaban J connectivity index is 2.31. The van der Waals surface area contributed by atoms with Gasteiger partial charge in [0.25, 0.3) is 0 Å². The highest BCUT2D eigenvalue weighted by molar-refractivity contribution is 7.99. The van der Waals surface area contributed by atoms with E-state index in [1.54, 1.807) is 0 Å². The second kappa shape index (κ2) is 9.77. The van der Waals surface area contributed by atoms with Gasteiger partial charge in [-0.05, 0) is 30.7 Å².